The number of hydrogen-bond donors (Lipinski definition) is 1. The predicted molar refractivity (Wildman–Crippen MR) is 120 cm³/mol. The SMILES string of the molecule is CCCCN1CC(O)Cc2cc(N=Nc3c(Br)cc([N+](=O)[O-])cc3[N+](=O)[O-])c(C)cc21. The highest BCUT2D eigenvalue weighted by molar-refractivity contribution is 9.10. The van der Waals surface area contributed by atoms with Crippen molar-refractivity contribution < 1.29 is 15.0 Å². The number of fused-ring (bicyclic) bond motifs is 1. The van der Waals surface area contributed by atoms with Crippen LogP contribution >= 0.6 is 15.9 Å². The van der Waals surface area contributed by atoms with E-state index in [2.05, 4.69) is 38.0 Å². The van der Waals surface area contributed by atoms with Gasteiger partial charge < -0.3 is 10.0 Å². The zero-order valence-corrected chi connectivity index (χ0v) is 18.7. The molecule has 0 radical (unpaired) electrons. The van der Waals surface area contributed by atoms with Crippen molar-refractivity contribution in [2.75, 3.05) is 18.0 Å². The highest BCUT2D eigenvalue weighted by Gasteiger charge is 2.25. The van der Waals surface area contributed by atoms with E-state index in [9.17, 15) is 25.3 Å². The van der Waals surface area contributed by atoms with Gasteiger partial charge in [0.15, 0.2) is 5.69 Å². The molecule has 3 rings (SSSR count). The van der Waals surface area contributed by atoms with Crippen molar-refractivity contribution >= 4 is 44.4 Å². The van der Waals surface area contributed by atoms with Crippen molar-refractivity contribution in [1.29, 1.82) is 0 Å². The van der Waals surface area contributed by atoms with Crippen LogP contribution in [0.1, 0.15) is 30.9 Å². The summed E-state index contributed by atoms with van der Waals surface area (Å²) in [6.07, 6.45) is 2.07. The molecule has 1 unspecified atom stereocenters. The number of halogens is 1. The third-order valence-electron chi connectivity index (χ3n) is 5.10. The average Bonchev–Trinajstić information content (AvgIpc) is 2.70. The van der Waals surface area contributed by atoms with Gasteiger partial charge in [-0.1, -0.05) is 13.3 Å². The second kappa shape index (κ2) is 9.48. The molecule has 0 spiro atoms. The summed E-state index contributed by atoms with van der Waals surface area (Å²) in [5.74, 6) is 0. The monoisotopic (exact) mass is 491 g/mol. The molecule has 2 aromatic rings. The van der Waals surface area contributed by atoms with Crippen LogP contribution in [0.15, 0.2) is 39.0 Å². The molecule has 31 heavy (non-hydrogen) atoms. The Bertz CT molecular complexity index is 1060. The Morgan fingerprint density at radius 2 is 1.94 bits per heavy atom. The van der Waals surface area contributed by atoms with E-state index in [-0.39, 0.29) is 10.2 Å². The van der Waals surface area contributed by atoms with Crippen molar-refractivity contribution in [3.8, 4) is 0 Å². The molecule has 2 aromatic carbocycles. The summed E-state index contributed by atoms with van der Waals surface area (Å²) < 4.78 is 0.105. The maximum atomic E-state index is 11.4. The number of non-ortho nitro benzene ring substituents is 1. The summed E-state index contributed by atoms with van der Waals surface area (Å²) in [6.45, 7) is 5.42. The summed E-state index contributed by atoms with van der Waals surface area (Å²) in [5, 5.41) is 40.9. The first-order chi connectivity index (χ1) is 14.7. The van der Waals surface area contributed by atoms with Crippen LogP contribution in [0.5, 0.6) is 0 Å². The second-order valence-corrected chi connectivity index (χ2v) is 8.29. The molecule has 0 saturated carbocycles. The number of nitro groups is 2. The lowest BCUT2D eigenvalue weighted by molar-refractivity contribution is -0.393. The summed E-state index contributed by atoms with van der Waals surface area (Å²) in [4.78, 5) is 23.1. The minimum Gasteiger partial charge on any atom is -0.391 e. The van der Waals surface area contributed by atoms with Gasteiger partial charge >= 0.3 is 5.69 Å². The minimum absolute atomic E-state index is 0.0997. The van der Waals surface area contributed by atoms with Crippen molar-refractivity contribution in [3.63, 3.8) is 0 Å². The summed E-state index contributed by atoms with van der Waals surface area (Å²) in [5.41, 5.74) is 2.32. The van der Waals surface area contributed by atoms with Crippen LogP contribution < -0.4 is 4.90 Å². The van der Waals surface area contributed by atoms with Crippen LogP contribution in [-0.4, -0.2) is 34.1 Å². The first kappa shape index (κ1) is 22.8. The Morgan fingerprint density at radius 3 is 2.58 bits per heavy atom. The second-order valence-electron chi connectivity index (χ2n) is 7.43. The first-order valence-corrected chi connectivity index (χ1v) is 10.6. The molecular weight excluding hydrogens is 470 g/mol. The third kappa shape index (κ3) is 5.05. The summed E-state index contributed by atoms with van der Waals surface area (Å²) >= 11 is 3.12. The quantitative estimate of drug-likeness (QED) is 0.308. The van der Waals surface area contributed by atoms with Crippen LogP contribution in [0.3, 0.4) is 0 Å². The molecule has 164 valence electrons. The van der Waals surface area contributed by atoms with Gasteiger partial charge in [-0.3, -0.25) is 20.2 Å². The Kier molecular flexibility index (Phi) is 6.96. The molecule has 1 atom stereocenters. The van der Waals surface area contributed by atoms with E-state index < -0.39 is 27.3 Å². The number of anilines is 1. The van der Waals surface area contributed by atoms with Crippen LogP contribution in [0.2, 0.25) is 0 Å². The molecule has 0 aliphatic carbocycles. The Morgan fingerprint density at radius 1 is 1.19 bits per heavy atom. The molecule has 10 nitrogen and oxygen atoms in total. The van der Waals surface area contributed by atoms with Crippen LogP contribution in [0, 0.1) is 27.2 Å². The molecule has 1 heterocycles. The van der Waals surface area contributed by atoms with E-state index in [1.165, 1.54) is 0 Å². The fourth-order valence-electron chi connectivity index (χ4n) is 3.54. The van der Waals surface area contributed by atoms with Gasteiger partial charge in [0.05, 0.1) is 32.2 Å². The topological polar surface area (TPSA) is 134 Å². The largest absolute Gasteiger partial charge is 0.391 e. The number of nitro benzene ring substituents is 2. The number of aryl methyl sites for hydroxylation is 1. The Labute approximate surface area is 187 Å². The number of aliphatic hydroxyl groups excluding tert-OH is 1. The molecule has 0 saturated heterocycles. The lowest BCUT2D eigenvalue weighted by atomic mass is 9.96. The highest BCUT2D eigenvalue weighted by Crippen LogP contribution is 2.41. The molecule has 1 N–H and O–H groups in total. The maximum absolute atomic E-state index is 11.4. The number of β-amino-alcohol motifs (C(OH)–C–C–N with tert-alkyl or cyclic N) is 1. The van der Waals surface area contributed by atoms with Crippen LogP contribution in [-0.2, 0) is 6.42 Å². The molecule has 0 bridgehead atoms. The van der Waals surface area contributed by atoms with Crippen molar-refractivity contribution in [2.45, 2.75) is 39.2 Å². The Hall–Kier alpha value is -2.92. The zero-order valence-electron chi connectivity index (χ0n) is 17.1. The number of rotatable bonds is 7. The fraction of sp³-hybridized carbons (Fsp3) is 0.400. The van der Waals surface area contributed by atoms with Gasteiger partial charge in [-0.2, -0.15) is 0 Å². The van der Waals surface area contributed by atoms with Gasteiger partial charge in [0, 0.05) is 31.3 Å². The van der Waals surface area contributed by atoms with Crippen LogP contribution in [0.25, 0.3) is 0 Å². The van der Waals surface area contributed by atoms with Crippen molar-refractivity contribution in [3.05, 3.63) is 60.1 Å². The van der Waals surface area contributed by atoms with Gasteiger partial charge in [0.25, 0.3) is 5.69 Å². The fourth-order valence-corrected chi connectivity index (χ4v) is 4.06. The first-order valence-electron chi connectivity index (χ1n) is 9.81. The number of azo groups is 1. The normalized spacial score (nSPS) is 15.9. The number of unbranched alkanes of at least 4 members (excludes halogenated alkanes) is 1. The lowest BCUT2D eigenvalue weighted by Crippen LogP contribution is -2.39. The van der Waals surface area contributed by atoms with E-state index in [0.717, 1.165) is 48.3 Å². The standard InChI is InChI=1S/C20H22BrN5O5/c1-3-4-5-24-11-15(27)7-13-8-17(12(2)6-18(13)24)22-23-20-16(21)9-14(25(28)29)10-19(20)26(30)31/h6,8-10,15,27H,3-5,7,11H2,1-2H3. The number of benzene rings is 2. The van der Waals surface area contributed by atoms with E-state index in [4.69, 9.17) is 0 Å². The van der Waals surface area contributed by atoms with Gasteiger partial charge in [-0.15, -0.1) is 10.2 Å². The summed E-state index contributed by atoms with van der Waals surface area (Å²) in [6, 6.07) is 5.84. The molecule has 0 aromatic heterocycles. The highest BCUT2D eigenvalue weighted by atomic mass is 79.9. The number of hydrogen-bond acceptors (Lipinski definition) is 8. The van der Waals surface area contributed by atoms with Crippen molar-refractivity contribution in [1.82, 2.24) is 0 Å². The minimum atomic E-state index is -0.728. The van der Waals surface area contributed by atoms with E-state index in [1.807, 2.05) is 19.1 Å². The average molecular weight is 492 g/mol. The molecule has 0 fully saturated rings. The molecule has 0 amide bonds. The van der Waals surface area contributed by atoms with Gasteiger partial charge in [-0.05, 0) is 52.5 Å². The zero-order chi connectivity index (χ0) is 22.7. The smallest absolute Gasteiger partial charge is 0.304 e. The number of nitrogens with zero attached hydrogens (tertiary/aromatic N) is 5. The predicted octanol–water partition coefficient (Wildman–Crippen LogP) is 5.51. The van der Waals surface area contributed by atoms with E-state index in [1.54, 1.807) is 0 Å². The van der Waals surface area contributed by atoms with E-state index in [0.29, 0.717) is 18.7 Å². The van der Waals surface area contributed by atoms with Crippen LogP contribution in [0.4, 0.5) is 28.4 Å². The van der Waals surface area contributed by atoms with Gasteiger partial charge in [0.2, 0.25) is 0 Å². The molecule has 1 aliphatic heterocycles. The van der Waals surface area contributed by atoms with Gasteiger partial charge in [0.1, 0.15) is 0 Å². The third-order valence-corrected chi connectivity index (χ3v) is 5.70. The molecule has 1 aliphatic rings. The van der Waals surface area contributed by atoms with Crippen molar-refractivity contribution in [2.24, 2.45) is 10.2 Å². The lowest BCUT2D eigenvalue weighted by Gasteiger charge is -2.34. The molecule has 11 heteroatoms. The number of aliphatic hydroxyl groups is 1. The summed E-state index contributed by atoms with van der Waals surface area (Å²) in [7, 11) is 0. The van der Waals surface area contributed by atoms with E-state index >= 15 is 0 Å². The molecular formula is C20H22BrN5O5. The maximum Gasteiger partial charge on any atom is 0.304 e. The Balaban J connectivity index is 2.00. The van der Waals surface area contributed by atoms with Gasteiger partial charge in [-0.25, -0.2) is 0 Å².